The van der Waals surface area contributed by atoms with Crippen LogP contribution < -0.4 is 4.72 Å². The van der Waals surface area contributed by atoms with Crippen molar-refractivity contribution in [1.29, 1.82) is 0 Å². The first kappa shape index (κ1) is 13.4. The second-order valence-corrected chi connectivity index (χ2v) is 6.17. The van der Waals surface area contributed by atoms with Crippen LogP contribution in [0.4, 0.5) is 5.69 Å². The van der Waals surface area contributed by atoms with Gasteiger partial charge in [-0.05, 0) is 23.3 Å². The Hall–Kier alpha value is -2.60. The van der Waals surface area contributed by atoms with Crippen LogP contribution in [0.3, 0.4) is 0 Å². The molecule has 0 aliphatic rings. The van der Waals surface area contributed by atoms with Gasteiger partial charge >= 0.3 is 0 Å². The van der Waals surface area contributed by atoms with Gasteiger partial charge in [0.25, 0.3) is 10.0 Å². The SMILES string of the molecule is O=S(=O)(Nc1ccc(-c2ccccc2)cc1)c1cn[nH]c1. The van der Waals surface area contributed by atoms with Gasteiger partial charge in [0.2, 0.25) is 0 Å². The molecule has 0 saturated carbocycles. The molecule has 1 heterocycles. The maximum absolute atomic E-state index is 12.0. The standard InChI is InChI=1S/C15H13N3O2S/c19-21(20,15-10-16-17-11-15)18-14-8-6-13(7-9-14)12-4-2-1-3-5-12/h1-11,18H,(H,16,17). The van der Waals surface area contributed by atoms with Gasteiger partial charge in [0.05, 0.1) is 6.20 Å². The number of nitrogens with zero attached hydrogens (tertiary/aromatic N) is 1. The van der Waals surface area contributed by atoms with Gasteiger partial charge in [-0.15, -0.1) is 0 Å². The quantitative estimate of drug-likeness (QED) is 0.778. The molecule has 0 saturated heterocycles. The maximum atomic E-state index is 12.0. The lowest BCUT2D eigenvalue weighted by molar-refractivity contribution is 0.601. The highest BCUT2D eigenvalue weighted by Gasteiger charge is 2.14. The number of nitrogens with one attached hydrogen (secondary N) is 2. The summed E-state index contributed by atoms with van der Waals surface area (Å²) in [6, 6.07) is 17.1. The average Bonchev–Trinajstić information content (AvgIpc) is 3.04. The third kappa shape index (κ3) is 2.95. The molecule has 3 aromatic rings. The van der Waals surface area contributed by atoms with E-state index >= 15 is 0 Å². The second-order valence-electron chi connectivity index (χ2n) is 4.48. The average molecular weight is 299 g/mol. The molecule has 21 heavy (non-hydrogen) atoms. The molecule has 0 aliphatic carbocycles. The lowest BCUT2D eigenvalue weighted by atomic mass is 10.1. The zero-order valence-corrected chi connectivity index (χ0v) is 11.8. The molecule has 2 N–H and O–H groups in total. The first-order valence-electron chi connectivity index (χ1n) is 6.32. The first-order chi connectivity index (χ1) is 10.1. The molecule has 5 nitrogen and oxygen atoms in total. The summed E-state index contributed by atoms with van der Waals surface area (Å²) in [5.74, 6) is 0. The van der Waals surface area contributed by atoms with Gasteiger partial charge in [-0.1, -0.05) is 42.5 Å². The zero-order chi connectivity index (χ0) is 14.7. The molecule has 0 spiro atoms. The minimum atomic E-state index is -3.59. The second kappa shape index (κ2) is 5.41. The van der Waals surface area contributed by atoms with Crippen LogP contribution in [0.15, 0.2) is 71.9 Å². The Labute approximate surface area is 122 Å². The summed E-state index contributed by atoms with van der Waals surface area (Å²) in [7, 11) is -3.59. The molecular weight excluding hydrogens is 286 g/mol. The molecule has 3 rings (SSSR count). The number of benzene rings is 2. The van der Waals surface area contributed by atoms with E-state index < -0.39 is 10.0 Å². The van der Waals surface area contributed by atoms with Gasteiger partial charge in [-0.25, -0.2) is 8.42 Å². The number of sulfonamides is 1. The molecular formula is C15H13N3O2S. The highest BCUT2D eigenvalue weighted by Crippen LogP contribution is 2.22. The van der Waals surface area contributed by atoms with Crippen LogP contribution in [0.1, 0.15) is 0 Å². The number of aromatic amines is 1. The highest BCUT2D eigenvalue weighted by atomic mass is 32.2. The molecule has 1 aromatic heterocycles. The summed E-state index contributed by atoms with van der Waals surface area (Å²) in [5, 5.41) is 6.12. The van der Waals surface area contributed by atoms with Crippen LogP contribution in [-0.2, 0) is 10.0 Å². The smallest absolute Gasteiger partial charge is 0.265 e. The van der Waals surface area contributed by atoms with Crippen molar-refractivity contribution in [2.75, 3.05) is 4.72 Å². The number of H-pyrrole nitrogens is 1. The van der Waals surface area contributed by atoms with Crippen molar-refractivity contribution >= 4 is 15.7 Å². The number of rotatable bonds is 4. The fraction of sp³-hybridized carbons (Fsp3) is 0. The summed E-state index contributed by atoms with van der Waals surface area (Å²) in [6.07, 6.45) is 2.60. The fourth-order valence-electron chi connectivity index (χ4n) is 1.96. The Morgan fingerprint density at radius 2 is 1.57 bits per heavy atom. The van der Waals surface area contributed by atoms with E-state index in [-0.39, 0.29) is 4.90 Å². The topological polar surface area (TPSA) is 74.8 Å². The minimum absolute atomic E-state index is 0.106. The molecule has 0 fully saturated rings. The van der Waals surface area contributed by atoms with Crippen LogP contribution in [0.25, 0.3) is 11.1 Å². The van der Waals surface area contributed by atoms with E-state index in [9.17, 15) is 8.42 Å². The Morgan fingerprint density at radius 3 is 2.19 bits per heavy atom. The Morgan fingerprint density at radius 1 is 0.905 bits per heavy atom. The fourth-order valence-corrected chi connectivity index (χ4v) is 2.92. The largest absolute Gasteiger partial charge is 0.284 e. The van der Waals surface area contributed by atoms with E-state index in [1.54, 1.807) is 12.1 Å². The van der Waals surface area contributed by atoms with Crippen LogP contribution in [0.5, 0.6) is 0 Å². The predicted octanol–water partition coefficient (Wildman–Crippen LogP) is 2.88. The molecule has 0 radical (unpaired) electrons. The lowest BCUT2D eigenvalue weighted by Crippen LogP contribution is -2.11. The lowest BCUT2D eigenvalue weighted by Gasteiger charge is -2.07. The summed E-state index contributed by atoms with van der Waals surface area (Å²) in [6.45, 7) is 0. The third-order valence-electron chi connectivity index (χ3n) is 3.03. The highest BCUT2D eigenvalue weighted by molar-refractivity contribution is 7.92. The van der Waals surface area contributed by atoms with Gasteiger partial charge in [0.15, 0.2) is 0 Å². The van der Waals surface area contributed by atoms with E-state index in [1.165, 1.54) is 12.4 Å². The van der Waals surface area contributed by atoms with E-state index in [0.717, 1.165) is 11.1 Å². The summed E-state index contributed by atoms with van der Waals surface area (Å²) in [5.41, 5.74) is 2.62. The Bertz CT molecular complexity index is 811. The number of aromatic nitrogens is 2. The van der Waals surface area contributed by atoms with Crippen molar-refractivity contribution in [3.8, 4) is 11.1 Å². The third-order valence-corrected chi connectivity index (χ3v) is 4.38. The van der Waals surface area contributed by atoms with Gasteiger partial charge in [-0.3, -0.25) is 9.82 Å². The molecule has 106 valence electrons. The van der Waals surface area contributed by atoms with Gasteiger partial charge in [0.1, 0.15) is 4.90 Å². The number of anilines is 1. The summed E-state index contributed by atoms with van der Waals surface area (Å²) >= 11 is 0. The van der Waals surface area contributed by atoms with Crippen LogP contribution >= 0.6 is 0 Å². The first-order valence-corrected chi connectivity index (χ1v) is 7.80. The van der Waals surface area contributed by atoms with Crippen molar-refractivity contribution in [3.05, 3.63) is 67.0 Å². The molecule has 6 heteroatoms. The van der Waals surface area contributed by atoms with Crippen molar-refractivity contribution in [1.82, 2.24) is 10.2 Å². The predicted molar refractivity (Wildman–Crippen MR) is 81.3 cm³/mol. The summed E-state index contributed by atoms with van der Waals surface area (Å²) in [4.78, 5) is 0.106. The van der Waals surface area contributed by atoms with Crippen LogP contribution in [0.2, 0.25) is 0 Å². The van der Waals surface area contributed by atoms with Gasteiger partial charge in [0, 0.05) is 11.9 Å². The maximum Gasteiger partial charge on any atom is 0.265 e. The Kier molecular flexibility index (Phi) is 3.45. The van der Waals surface area contributed by atoms with Gasteiger partial charge in [-0.2, -0.15) is 5.10 Å². The van der Waals surface area contributed by atoms with Crippen molar-refractivity contribution in [3.63, 3.8) is 0 Å². The molecule has 0 atom stereocenters. The van der Waals surface area contributed by atoms with Crippen molar-refractivity contribution in [2.24, 2.45) is 0 Å². The molecule has 0 unspecified atom stereocenters. The minimum Gasteiger partial charge on any atom is -0.284 e. The number of hydrogen-bond acceptors (Lipinski definition) is 3. The van der Waals surface area contributed by atoms with Crippen LogP contribution in [0, 0.1) is 0 Å². The molecule has 0 bridgehead atoms. The van der Waals surface area contributed by atoms with Crippen LogP contribution in [-0.4, -0.2) is 18.6 Å². The van der Waals surface area contributed by atoms with Crippen molar-refractivity contribution < 1.29 is 8.42 Å². The molecule has 2 aromatic carbocycles. The number of hydrogen-bond donors (Lipinski definition) is 2. The molecule has 0 amide bonds. The van der Waals surface area contributed by atoms with E-state index in [1.807, 2.05) is 42.5 Å². The van der Waals surface area contributed by atoms with Gasteiger partial charge < -0.3 is 0 Å². The normalized spacial score (nSPS) is 11.2. The molecule has 0 aliphatic heterocycles. The van der Waals surface area contributed by atoms with E-state index in [2.05, 4.69) is 14.9 Å². The van der Waals surface area contributed by atoms with E-state index in [4.69, 9.17) is 0 Å². The summed E-state index contributed by atoms with van der Waals surface area (Å²) < 4.78 is 26.6. The van der Waals surface area contributed by atoms with E-state index in [0.29, 0.717) is 5.69 Å². The van der Waals surface area contributed by atoms with Crippen molar-refractivity contribution in [2.45, 2.75) is 4.90 Å². The zero-order valence-electron chi connectivity index (χ0n) is 11.0. The monoisotopic (exact) mass is 299 g/mol. The Balaban J connectivity index is 1.83.